The van der Waals surface area contributed by atoms with Gasteiger partial charge in [-0.2, -0.15) is 47.6 Å². The molecule has 9 aromatic heterocycles. The summed E-state index contributed by atoms with van der Waals surface area (Å²) in [7, 11) is 0. The largest absolute Gasteiger partial charge is 2.00 e. The van der Waals surface area contributed by atoms with E-state index in [2.05, 4.69) is 430 Å². The van der Waals surface area contributed by atoms with Crippen molar-refractivity contribution < 1.29 is 69.0 Å². The van der Waals surface area contributed by atoms with Gasteiger partial charge in [-0.1, -0.05) is 261 Å². The average Bonchev–Trinajstić information content (AvgIpc) is 1.71. The maximum atomic E-state index is 6.20. The Morgan fingerprint density at radius 2 is 0.755 bits per heavy atom. The second-order valence-electron chi connectivity index (χ2n) is 34.0. The molecule has 0 unspecified atom stereocenters. The number of pyridine rings is 5. The number of para-hydroxylation sites is 5. The normalized spacial score (nSPS) is 11.4. The molecule has 14 nitrogen and oxygen atoms in total. The van der Waals surface area contributed by atoms with Gasteiger partial charge in [0.1, 0.15) is 33.8 Å². The fraction of sp³-hybridized carbons (Fsp3) is 0.0472. The first-order chi connectivity index (χ1) is 70.0. The maximum Gasteiger partial charge on any atom is 2.00 e. The van der Waals surface area contributed by atoms with Gasteiger partial charge in [-0.25, -0.2) is 0 Å². The van der Waals surface area contributed by atoms with E-state index in [4.69, 9.17) is 14.7 Å². The van der Waals surface area contributed by atoms with Gasteiger partial charge in [-0.15, -0.1) is 132 Å². The number of fused-ring (bicyclic) bond motifs is 15. The Bertz CT molecular complexity index is 7610. The molecule has 143 heavy (non-hydrogen) atoms. The molecule has 16 heteroatoms. The third kappa shape index (κ3) is 20.9. The summed E-state index contributed by atoms with van der Waals surface area (Å²) < 4.78 is 26.0. The van der Waals surface area contributed by atoms with Crippen LogP contribution in [0, 0.1) is 24.3 Å². The van der Waals surface area contributed by atoms with Gasteiger partial charge >= 0.3 is 26.9 Å². The molecule has 28 rings (SSSR count). The summed E-state index contributed by atoms with van der Waals surface area (Å²) in [6.45, 7) is 4.52. The van der Waals surface area contributed by atoms with Crippen LogP contribution >= 0.6 is 0 Å². The summed E-state index contributed by atoms with van der Waals surface area (Å²) in [5, 5.41) is 4.07. The molecule has 0 atom stereocenters. The van der Waals surface area contributed by atoms with Crippen LogP contribution in [0.15, 0.2) is 535 Å². The van der Waals surface area contributed by atoms with E-state index in [1.165, 1.54) is 67.3 Å². The number of hydrogen-bond donors (Lipinski definition) is 0. The van der Waals surface area contributed by atoms with Crippen LogP contribution in [0.1, 0.15) is 44.8 Å². The molecule has 5 aliphatic heterocycles. The molecule has 5 aliphatic rings. The predicted octanol–water partition coefficient (Wildman–Crippen LogP) is 24.4. The molecular formula is C127H98IrN13OPt+3. The van der Waals surface area contributed by atoms with Crippen LogP contribution in [-0.2, 0) is 79.5 Å². The Morgan fingerprint density at radius 3 is 1.24 bits per heavy atom. The smallest absolute Gasteiger partial charge is 0.453 e. The first kappa shape index (κ1) is 94.8. The molecule has 14 heterocycles. The Kier molecular flexibility index (Phi) is 30.2. The molecule has 0 spiro atoms. The molecule has 0 fully saturated rings. The van der Waals surface area contributed by atoms with E-state index < -0.39 is 5.41 Å². The van der Waals surface area contributed by atoms with Gasteiger partial charge in [0, 0.05) is 108 Å². The van der Waals surface area contributed by atoms with Crippen molar-refractivity contribution in [2.24, 2.45) is 0 Å². The van der Waals surface area contributed by atoms with Gasteiger partial charge in [0.25, 0.3) is 0 Å². The van der Waals surface area contributed by atoms with Gasteiger partial charge in [0.2, 0.25) is 18.1 Å². The quantitative estimate of drug-likeness (QED) is 0.0949. The van der Waals surface area contributed by atoms with Crippen LogP contribution in [0.25, 0.3) is 113 Å². The van der Waals surface area contributed by atoms with Crippen molar-refractivity contribution in [3.63, 3.8) is 0 Å². The van der Waals surface area contributed by atoms with Crippen LogP contribution < -0.4 is 27.8 Å². The molecule has 0 bridgehead atoms. The van der Waals surface area contributed by atoms with Crippen LogP contribution in [0.5, 0.6) is 5.75 Å². The third-order valence-corrected chi connectivity index (χ3v) is 25.3. The second kappa shape index (κ2) is 45.6. The molecule has 0 amide bonds. The first-order valence-corrected chi connectivity index (χ1v) is 47.4. The van der Waals surface area contributed by atoms with Crippen LogP contribution in [0.4, 0.5) is 0 Å². The van der Waals surface area contributed by atoms with E-state index in [1.807, 2.05) is 164 Å². The van der Waals surface area contributed by atoms with Gasteiger partial charge in [0.15, 0.2) is 62.4 Å². The van der Waals surface area contributed by atoms with Crippen molar-refractivity contribution in [1.29, 1.82) is 0 Å². The maximum absolute atomic E-state index is 6.20. The summed E-state index contributed by atoms with van der Waals surface area (Å²) in [5.74, 6) is 2.04. The molecule has 0 saturated carbocycles. The zero-order chi connectivity index (χ0) is 94.6. The average molecular weight is 2210 g/mol. The summed E-state index contributed by atoms with van der Waals surface area (Å²) in [4.78, 5) is 14.8. The fourth-order valence-corrected chi connectivity index (χ4v) is 18.9. The van der Waals surface area contributed by atoms with E-state index in [0.717, 1.165) is 122 Å². The number of nitrogens with zero attached hydrogens (tertiary/aromatic N) is 13. The minimum absolute atomic E-state index is 0. The van der Waals surface area contributed by atoms with Crippen LogP contribution in [0.3, 0.4) is 0 Å². The fourth-order valence-electron chi connectivity index (χ4n) is 18.9. The van der Waals surface area contributed by atoms with Crippen LogP contribution in [-0.4, -0.2) is 38.7 Å². The number of benzene rings is 14. The summed E-state index contributed by atoms with van der Waals surface area (Å²) in [6.07, 6.45) is 18.1. The van der Waals surface area contributed by atoms with Crippen molar-refractivity contribution >= 4 is 0 Å². The van der Waals surface area contributed by atoms with Gasteiger partial charge in [0.05, 0.1) is 34.9 Å². The molecule has 0 saturated heterocycles. The molecule has 0 aliphatic carbocycles. The first-order valence-electron chi connectivity index (χ1n) is 47.4. The van der Waals surface area contributed by atoms with E-state index >= 15 is 0 Å². The standard InChI is InChI=1S/C35H24N2.C28H21N2O.2C12H10N.C11H8N.2C10H9N2.C9H7N2.Ir.Pt/c1-5-15-27(16-6-1)31-23-13-25-33(36-31)35(29-19-9-3-10-20-29,30-21-11-4-12-22-30)34-26-14-24-32(37-34)28-17-7-2-8-18-28;1-4-12-21(13-5-1)26-27(22-14-6-2-7-15-22)30(23-16-8-3-9-17-23)28-24-18-10-11-19-25(24)31-20-29(26)28;2*1-2-6-11-10(5-1)9-13-8-4-3-7-12(11)13;1-2-6-10(7-3-1)11-8-4-5-9-12-11;2*1-2-5-10-9(4-1)8-11-6-3-7-12(10)11;1-2-5-9(6-3-1)11-8-4-7-10-11;;/h1-15,17,19-26H;1-19H,20H2;2*1-8H,9H2;1-6,8-9H;2*1-7H,8H2;1-5,7-8H;;/q-2;3*+1;-1;2*+1;-1;;+2. The van der Waals surface area contributed by atoms with Crippen molar-refractivity contribution in [2.75, 3.05) is 0 Å². The Balaban J connectivity index is 0.000000109. The molecule has 0 N–H and O–H groups in total. The SMILES string of the molecule is [Ir].[Pt+2].[c-]1ccccc1-c1cccc(C(c2ccccc2)(c2ccccc2)c2cccc(-c3[c-]cccc3)n2)n1.[c-]1ccccc1-c1ccccn1.[c-]1ccccc1-n1cccn1.c1ccc(-c2c(-c3ccccc3)[n+]3c(n2-c2ccccc2)-c2ccccc2OC3)cc1.c1ccc2c(c1)C[n+]1ccccc1-2.c1ccc2c(c1)C[n+]1ccccc1-2.c1ccc2c(c1)C[n+]1cccn1-2.c1ccc2c(c1)C[n+]1cccn1-2. The van der Waals surface area contributed by atoms with E-state index in [0.29, 0.717) is 6.73 Å². The topological polar surface area (TPSA) is 99.9 Å². The number of rotatable bonds is 11. The summed E-state index contributed by atoms with van der Waals surface area (Å²) >= 11 is 0. The third-order valence-electron chi connectivity index (χ3n) is 25.3. The van der Waals surface area contributed by atoms with Gasteiger partial charge in [-0.3, -0.25) is 14.6 Å². The molecule has 1 radical (unpaired) electrons. The molecule has 23 aromatic rings. The molecular weight excluding hydrogens is 2110 g/mol. The minimum atomic E-state index is -0.738. The Labute approximate surface area is 861 Å². The molecule has 14 aromatic carbocycles. The zero-order valence-electron chi connectivity index (χ0n) is 78.2. The van der Waals surface area contributed by atoms with Gasteiger partial charge in [-0.05, 0) is 119 Å². The number of ether oxygens (including phenoxy) is 1. The summed E-state index contributed by atoms with van der Waals surface area (Å²) in [6, 6.07) is 177. The number of aromatic nitrogens is 13. The Hall–Kier alpha value is -17.2. The van der Waals surface area contributed by atoms with Crippen LogP contribution in [0.2, 0.25) is 0 Å². The van der Waals surface area contributed by atoms with E-state index in [9.17, 15) is 0 Å². The van der Waals surface area contributed by atoms with Crippen molar-refractivity contribution in [2.45, 2.75) is 38.3 Å². The van der Waals surface area contributed by atoms with Crippen molar-refractivity contribution in [3.8, 4) is 119 Å². The van der Waals surface area contributed by atoms with Crippen molar-refractivity contribution in [1.82, 2.24) is 38.7 Å². The Morgan fingerprint density at radius 1 is 0.322 bits per heavy atom. The van der Waals surface area contributed by atoms with Crippen molar-refractivity contribution in [3.05, 3.63) is 604 Å². The second-order valence-corrected chi connectivity index (χ2v) is 34.0. The van der Waals surface area contributed by atoms with E-state index in [-0.39, 0.29) is 41.2 Å². The van der Waals surface area contributed by atoms with Gasteiger partial charge < -0.3 is 9.72 Å². The number of hydrogen-bond acceptors (Lipinski definition) is 5. The predicted molar refractivity (Wildman–Crippen MR) is 555 cm³/mol. The van der Waals surface area contributed by atoms with E-state index in [1.54, 1.807) is 17.1 Å². The minimum Gasteiger partial charge on any atom is -0.453 e. The molecule has 693 valence electrons. The number of imidazole rings is 1. The zero-order valence-corrected chi connectivity index (χ0v) is 82.9. The summed E-state index contributed by atoms with van der Waals surface area (Å²) in [5.41, 5.74) is 30.5. The monoisotopic (exact) mass is 2210 g/mol.